The van der Waals surface area contributed by atoms with E-state index < -0.39 is 0 Å². The molecule has 0 spiro atoms. The summed E-state index contributed by atoms with van der Waals surface area (Å²) >= 11 is 0. The normalized spacial score (nSPS) is 11.7. The minimum absolute atomic E-state index is 0.168. The Labute approximate surface area is 120 Å². The highest BCUT2D eigenvalue weighted by molar-refractivity contribution is 5.89. The van der Waals surface area contributed by atoms with Gasteiger partial charge in [-0.25, -0.2) is 4.79 Å². The third-order valence-electron chi connectivity index (χ3n) is 3.21. The third-order valence-corrected chi connectivity index (χ3v) is 3.21. The first-order valence-electron chi connectivity index (χ1n) is 6.81. The molecule has 0 fully saturated rings. The third kappa shape index (κ3) is 4.12. The van der Waals surface area contributed by atoms with Gasteiger partial charge in [0.25, 0.3) is 0 Å². The van der Waals surface area contributed by atoms with Crippen molar-refractivity contribution in [2.45, 2.75) is 19.8 Å². The van der Waals surface area contributed by atoms with Crippen molar-refractivity contribution in [3.63, 3.8) is 0 Å². The van der Waals surface area contributed by atoms with E-state index in [1.54, 1.807) is 0 Å². The van der Waals surface area contributed by atoms with Crippen LogP contribution in [-0.4, -0.2) is 12.6 Å². The Morgan fingerprint density at radius 2 is 1.85 bits per heavy atom. The van der Waals surface area contributed by atoms with Crippen LogP contribution in [0.25, 0.3) is 0 Å². The molecule has 3 heteroatoms. The molecular weight excluding hydrogens is 248 g/mol. The van der Waals surface area contributed by atoms with Crippen LogP contribution in [-0.2, 0) is 0 Å². The molecule has 20 heavy (non-hydrogen) atoms. The predicted molar refractivity (Wildman–Crippen MR) is 83.1 cm³/mol. The van der Waals surface area contributed by atoms with E-state index in [-0.39, 0.29) is 6.03 Å². The molecule has 1 unspecified atom stereocenters. The predicted octanol–water partition coefficient (Wildman–Crippen LogP) is 3.92. The number of nitrogens with one attached hydrogen (secondary N) is 2. The second-order valence-electron chi connectivity index (χ2n) is 5.02. The monoisotopic (exact) mass is 268 g/mol. The quantitative estimate of drug-likeness (QED) is 0.867. The molecule has 0 aromatic heterocycles. The largest absolute Gasteiger partial charge is 0.337 e. The van der Waals surface area contributed by atoms with Crippen LogP contribution in [0.4, 0.5) is 10.5 Å². The van der Waals surface area contributed by atoms with Gasteiger partial charge < -0.3 is 10.6 Å². The summed E-state index contributed by atoms with van der Waals surface area (Å²) in [5, 5.41) is 5.74. The highest BCUT2D eigenvalue weighted by Gasteiger charge is 2.07. The second-order valence-corrected chi connectivity index (χ2v) is 5.02. The van der Waals surface area contributed by atoms with Crippen molar-refractivity contribution in [1.29, 1.82) is 0 Å². The lowest BCUT2D eigenvalue weighted by Gasteiger charge is -2.13. The molecule has 0 radical (unpaired) electrons. The van der Waals surface area contributed by atoms with Crippen molar-refractivity contribution < 1.29 is 4.79 Å². The van der Waals surface area contributed by atoms with Gasteiger partial charge in [-0.1, -0.05) is 49.4 Å². The van der Waals surface area contributed by atoms with Gasteiger partial charge >= 0.3 is 6.03 Å². The van der Waals surface area contributed by atoms with E-state index in [1.807, 2.05) is 49.4 Å². The van der Waals surface area contributed by atoms with Crippen molar-refractivity contribution in [1.82, 2.24) is 5.32 Å². The fourth-order valence-corrected chi connectivity index (χ4v) is 2.04. The number of carbonyl (C=O) groups is 1. The molecule has 104 valence electrons. The summed E-state index contributed by atoms with van der Waals surface area (Å²) in [7, 11) is 0. The fourth-order valence-electron chi connectivity index (χ4n) is 2.04. The van der Waals surface area contributed by atoms with Crippen molar-refractivity contribution in [2.24, 2.45) is 0 Å². The van der Waals surface area contributed by atoms with Crippen LogP contribution in [0, 0.1) is 6.92 Å². The Balaban J connectivity index is 1.83. The van der Waals surface area contributed by atoms with E-state index in [2.05, 4.69) is 29.7 Å². The summed E-state index contributed by atoms with van der Waals surface area (Å²) < 4.78 is 0. The standard InChI is InChI=1S/C17H20N2O/c1-13-7-6-10-16(11-13)19-17(20)18-12-14(2)15-8-4-3-5-9-15/h3-11,14H,12H2,1-2H3,(H2,18,19,20). The molecule has 2 rings (SSSR count). The second kappa shape index (κ2) is 6.75. The van der Waals surface area contributed by atoms with Crippen molar-refractivity contribution in [3.05, 3.63) is 65.7 Å². The van der Waals surface area contributed by atoms with Gasteiger partial charge in [0.1, 0.15) is 0 Å². The summed E-state index contributed by atoms with van der Waals surface area (Å²) in [6.07, 6.45) is 0. The molecule has 0 aliphatic carbocycles. The van der Waals surface area contributed by atoms with E-state index in [0.717, 1.165) is 11.3 Å². The molecule has 0 saturated heterocycles. The fraction of sp³-hybridized carbons (Fsp3) is 0.235. The van der Waals surface area contributed by atoms with Crippen LogP contribution in [0.2, 0.25) is 0 Å². The molecule has 0 saturated carbocycles. The molecular formula is C17H20N2O. The number of aryl methyl sites for hydroxylation is 1. The van der Waals surface area contributed by atoms with Gasteiger partial charge in [-0.3, -0.25) is 0 Å². The van der Waals surface area contributed by atoms with Crippen LogP contribution >= 0.6 is 0 Å². The highest BCUT2D eigenvalue weighted by atomic mass is 16.2. The number of urea groups is 1. The number of anilines is 1. The highest BCUT2D eigenvalue weighted by Crippen LogP contribution is 2.13. The minimum Gasteiger partial charge on any atom is -0.337 e. The van der Waals surface area contributed by atoms with Gasteiger partial charge in [0.05, 0.1) is 0 Å². The zero-order valence-corrected chi connectivity index (χ0v) is 11.9. The van der Waals surface area contributed by atoms with Gasteiger partial charge in [0, 0.05) is 12.2 Å². The smallest absolute Gasteiger partial charge is 0.319 e. The van der Waals surface area contributed by atoms with Gasteiger partial charge in [0.15, 0.2) is 0 Å². The maximum absolute atomic E-state index is 11.8. The molecule has 0 aliphatic heterocycles. The van der Waals surface area contributed by atoms with E-state index in [9.17, 15) is 4.79 Å². The molecule has 0 heterocycles. The topological polar surface area (TPSA) is 41.1 Å². The van der Waals surface area contributed by atoms with Crippen LogP contribution < -0.4 is 10.6 Å². The first-order valence-corrected chi connectivity index (χ1v) is 6.81. The SMILES string of the molecule is Cc1cccc(NC(=O)NCC(C)c2ccccc2)c1. The van der Waals surface area contributed by atoms with Gasteiger partial charge in [-0.2, -0.15) is 0 Å². The van der Waals surface area contributed by atoms with Gasteiger partial charge in [-0.15, -0.1) is 0 Å². The van der Waals surface area contributed by atoms with E-state index in [0.29, 0.717) is 12.5 Å². The molecule has 2 N–H and O–H groups in total. The molecule has 2 aromatic rings. The summed E-state index contributed by atoms with van der Waals surface area (Å²) in [5.41, 5.74) is 3.17. The summed E-state index contributed by atoms with van der Waals surface area (Å²) in [6.45, 7) is 4.71. The molecule has 0 aliphatic rings. The van der Waals surface area contributed by atoms with Crippen LogP contribution in [0.15, 0.2) is 54.6 Å². The molecule has 3 nitrogen and oxygen atoms in total. The first kappa shape index (κ1) is 14.1. The molecule has 2 aromatic carbocycles. The molecule has 2 amide bonds. The zero-order valence-electron chi connectivity index (χ0n) is 11.9. The summed E-state index contributed by atoms with van der Waals surface area (Å²) in [5.74, 6) is 0.291. The number of carbonyl (C=O) groups excluding carboxylic acids is 1. The average Bonchev–Trinajstić information content (AvgIpc) is 2.46. The minimum atomic E-state index is -0.168. The number of hydrogen-bond donors (Lipinski definition) is 2. The van der Waals surface area contributed by atoms with E-state index in [1.165, 1.54) is 5.56 Å². The van der Waals surface area contributed by atoms with Crippen molar-refractivity contribution in [2.75, 3.05) is 11.9 Å². The van der Waals surface area contributed by atoms with E-state index >= 15 is 0 Å². The lowest BCUT2D eigenvalue weighted by molar-refractivity contribution is 0.251. The number of benzene rings is 2. The van der Waals surface area contributed by atoms with Crippen LogP contribution in [0.5, 0.6) is 0 Å². The Bertz CT molecular complexity index is 566. The van der Waals surface area contributed by atoms with Crippen LogP contribution in [0.3, 0.4) is 0 Å². The first-order chi connectivity index (χ1) is 9.65. The van der Waals surface area contributed by atoms with Crippen molar-refractivity contribution >= 4 is 11.7 Å². The Hall–Kier alpha value is -2.29. The zero-order chi connectivity index (χ0) is 14.4. The molecule has 1 atom stereocenters. The summed E-state index contributed by atoms with van der Waals surface area (Å²) in [4.78, 5) is 11.8. The Morgan fingerprint density at radius 3 is 2.55 bits per heavy atom. The number of amides is 2. The van der Waals surface area contributed by atoms with Gasteiger partial charge in [-0.05, 0) is 36.1 Å². The number of rotatable bonds is 4. The van der Waals surface area contributed by atoms with Gasteiger partial charge in [0.2, 0.25) is 0 Å². The summed E-state index contributed by atoms with van der Waals surface area (Å²) in [6, 6.07) is 17.8. The molecule has 0 bridgehead atoms. The Kier molecular flexibility index (Phi) is 4.77. The Morgan fingerprint density at radius 1 is 1.10 bits per heavy atom. The average molecular weight is 268 g/mol. The lowest BCUT2D eigenvalue weighted by Crippen LogP contribution is -2.31. The number of hydrogen-bond acceptors (Lipinski definition) is 1. The lowest BCUT2D eigenvalue weighted by atomic mass is 10.0. The maximum Gasteiger partial charge on any atom is 0.319 e. The van der Waals surface area contributed by atoms with Crippen LogP contribution in [0.1, 0.15) is 24.0 Å². The maximum atomic E-state index is 11.8. The van der Waals surface area contributed by atoms with E-state index in [4.69, 9.17) is 0 Å². The van der Waals surface area contributed by atoms with Crippen molar-refractivity contribution in [3.8, 4) is 0 Å².